The highest BCUT2D eigenvalue weighted by molar-refractivity contribution is 7.10. The van der Waals surface area contributed by atoms with E-state index in [1.807, 2.05) is 6.92 Å². The molecule has 0 aliphatic rings. The first-order chi connectivity index (χ1) is 8.61. The molecule has 18 heavy (non-hydrogen) atoms. The summed E-state index contributed by atoms with van der Waals surface area (Å²) in [5.41, 5.74) is 2.26. The van der Waals surface area contributed by atoms with Crippen molar-refractivity contribution in [3.8, 4) is 0 Å². The second kappa shape index (κ2) is 5.91. The summed E-state index contributed by atoms with van der Waals surface area (Å²) in [5, 5.41) is 9.97. The fourth-order valence-corrected chi connectivity index (χ4v) is 3.44. The zero-order valence-corrected chi connectivity index (χ0v) is 12.9. The van der Waals surface area contributed by atoms with Gasteiger partial charge >= 0.3 is 0 Å². The van der Waals surface area contributed by atoms with Crippen molar-refractivity contribution < 1.29 is 0 Å². The maximum atomic E-state index is 4.73. The number of nitrogens with one attached hydrogen (secondary N) is 1. The van der Waals surface area contributed by atoms with Crippen LogP contribution in [0.15, 0.2) is 10.8 Å². The molecule has 98 valence electrons. The largest absolute Gasteiger partial charge is 0.303 e. The first-order valence-corrected chi connectivity index (χ1v) is 7.98. The van der Waals surface area contributed by atoms with Crippen LogP contribution < -0.4 is 5.32 Å². The van der Waals surface area contributed by atoms with Gasteiger partial charge in [0.15, 0.2) is 0 Å². The molecule has 3 nitrogen and oxygen atoms in total. The Labute approximate surface area is 116 Å². The average Bonchev–Trinajstić information content (AvgIpc) is 2.94. The van der Waals surface area contributed by atoms with Gasteiger partial charge < -0.3 is 5.32 Å². The summed E-state index contributed by atoms with van der Waals surface area (Å²) in [6, 6.07) is 0.137. The van der Waals surface area contributed by atoms with Crippen LogP contribution in [-0.4, -0.2) is 16.5 Å². The molecule has 0 spiro atoms. The number of rotatable bonds is 5. The lowest BCUT2D eigenvalue weighted by molar-refractivity contribution is 0.611. The Hall–Kier alpha value is -0.780. The quantitative estimate of drug-likeness (QED) is 0.907. The Morgan fingerprint density at radius 1 is 1.17 bits per heavy atom. The molecular weight excluding hydrogens is 262 g/mol. The van der Waals surface area contributed by atoms with E-state index in [0.29, 0.717) is 5.92 Å². The number of aryl methyl sites for hydroxylation is 1. The summed E-state index contributed by atoms with van der Waals surface area (Å²) in [4.78, 5) is 9.32. The zero-order valence-electron chi connectivity index (χ0n) is 11.2. The van der Waals surface area contributed by atoms with Crippen molar-refractivity contribution in [1.82, 2.24) is 15.3 Å². The summed E-state index contributed by atoms with van der Waals surface area (Å²) in [6.45, 7) is 9.42. The highest BCUT2D eigenvalue weighted by Gasteiger charge is 2.19. The minimum Gasteiger partial charge on any atom is -0.303 e. The minimum atomic E-state index is 0.137. The number of hydrogen-bond donors (Lipinski definition) is 1. The Kier molecular flexibility index (Phi) is 4.48. The molecule has 2 heterocycles. The van der Waals surface area contributed by atoms with Crippen molar-refractivity contribution in [2.24, 2.45) is 0 Å². The monoisotopic (exact) mass is 281 g/mol. The van der Waals surface area contributed by atoms with Gasteiger partial charge in [-0.2, -0.15) is 0 Å². The second-order valence-corrected chi connectivity index (χ2v) is 6.50. The molecule has 5 heteroatoms. The van der Waals surface area contributed by atoms with Crippen LogP contribution in [0.25, 0.3) is 0 Å². The predicted octanol–water partition coefficient (Wildman–Crippen LogP) is 3.73. The first kappa shape index (κ1) is 13.6. The first-order valence-electron chi connectivity index (χ1n) is 6.22. The molecule has 0 radical (unpaired) electrons. The minimum absolute atomic E-state index is 0.137. The second-order valence-electron chi connectivity index (χ2n) is 4.55. The lowest BCUT2D eigenvalue weighted by atomic mass is 10.1. The van der Waals surface area contributed by atoms with Gasteiger partial charge in [-0.25, -0.2) is 9.97 Å². The Bertz CT molecular complexity index is 502. The van der Waals surface area contributed by atoms with E-state index < -0.39 is 0 Å². The van der Waals surface area contributed by atoms with Gasteiger partial charge in [-0.3, -0.25) is 0 Å². The number of aromatic nitrogens is 2. The van der Waals surface area contributed by atoms with E-state index in [2.05, 4.69) is 41.8 Å². The van der Waals surface area contributed by atoms with E-state index in [9.17, 15) is 0 Å². The van der Waals surface area contributed by atoms with Crippen molar-refractivity contribution in [3.05, 3.63) is 32.2 Å². The van der Waals surface area contributed by atoms with Crippen molar-refractivity contribution in [1.29, 1.82) is 0 Å². The maximum Gasteiger partial charge on any atom is 0.116 e. The van der Waals surface area contributed by atoms with E-state index in [0.717, 1.165) is 22.3 Å². The third-order valence-electron chi connectivity index (χ3n) is 2.72. The average molecular weight is 281 g/mol. The van der Waals surface area contributed by atoms with Crippen LogP contribution in [0.4, 0.5) is 0 Å². The van der Waals surface area contributed by atoms with Crippen LogP contribution in [0.3, 0.4) is 0 Å². The highest BCUT2D eigenvalue weighted by Crippen LogP contribution is 2.28. The summed E-state index contributed by atoms with van der Waals surface area (Å²) in [5.74, 6) is 0.481. The SMILES string of the molecule is CCNC(c1csc(C)n1)c1nc(C(C)C)cs1. The van der Waals surface area contributed by atoms with Crippen molar-refractivity contribution in [3.63, 3.8) is 0 Å². The standard InChI is InChI=1S/C13H19N3S2/c1-5-14-12(11-7-17-9(4)15-11)13-16-10(6-18-13)8(2)3/h6-8,12,14H,5H2,1-4H3. The molecule has 0 aliphatic heterocycles. The molecule has 0 aromatic carbocycles. The Morgan fingerprint density at radius 3 is 2.39 bits per heavy atom. The van der Waals surface area contributed by atoms with Crippen molar-refractivity contribution >= 4 is 22.7 Å². The molecule has 0 saturated carbocycles. The van der Waals surface area contributed by atoms with Gasteiger partial charge in [0.1, 0.15) is 11.0 Å². The van der Waals surface area contributed by atoms with Crippen LogP contribution in [0.5, 0.6) is 0 Å². The highest BCUT2D eigenvalue weighted by atomic mass is 32.1. The summed E-state index contributed by atoms with van der Waals surface area (Å²) < 4.78 is 0. The fraction of sp³-hybridized carbons (Fsp3) is 0.538. The van der Waals surface area contributed by atoms with Crippen LogP contribution >= 0.6 is 22.7 Å². The third-order valence-corrected chi connectivity index (χ3v) is 4.44. The molecule has 1 unspecified atom stereocenters. The van der Waals surface area contributed by atoms with E-state index in [1.165, 1.54) is 5.69 Å². The molecule has 2 aromatic heterocycles. The summed E-state index contributed by atoms with van der Waals surface area (Å²) in [6.07, 6.45) is 0. The van der Waals surface area contributed by atoms with Crippen LogP contribution in [0.2, 0.25) is 0 Å². The van der Waals surface area contributed by atoms with E-state index >= 15 is 0 Å². The molecule has 0 aliphatic carbocycles. The van der Waals surface area contributed by atoms with Gasteiger partial charge in [0.25, 0.3) is 0 Å². The maximum absolute atomic E-state index is 4.73. The van der Waals surface area contributed by atoms with Gasteiger partial charge in [0, 0.05) is 10.8 Å². The molecule has 1 N–H and O–H groups in total. The summed E-state index contributed by atoms with van der Waals surface area (Å²) >= 11 is 3.41. The van der Waals surface area contributed by atoms with Gasteiger partial charge in [-0.1, -0.05) is 20.8 Å². The molecular formula is C13H19N3S2. The van der Waals surface area contributed by atoms with Crippen LogP contribution in [-0.2, 0) is 0 Å². The van der Waals surface area contributed by atoms with E-state index in [4.69, 9.17) is 4.98 Å². The van der Waals surface area contributed by atoms with Crippen LogP contribution in [0, 0.1) is 6.92 Å². The molecule has 0 bridgehead atoms. The molecule has 0 amide bonds. The molecule has 0 saturated heterocycles. The molecule has 2 rings (SSSR count). The van der Waals surface area contributed by atoms with Crippen molar-refractivity contribution in [2.75, 3.05) is 6.54 Å². The molecule has 1 atom stereocenters. The van der Waals surface area contributed by atoms with Crippen molar-refractivity contribution in [2.45, 2.75) is 39.7 Å². The van der Waals surface area contributed by atoms with Gasteiger partial charge in [-0.05, 0) is 19.4 Å². The number of nitrogens with zero attached hydrogens (tertiary/aromatic N) is 2. The third kappa shape index (κ3) is 2.96. The smallest absolute Gasteiger partial charge is 0.116 e. The normalized spacial score (nSPS) is 13.2. The lowest BCUT2D eigenvalue weighted by Crippen LogP contribution is -2.22. The van der Waals surface area contributed by atoms with Gasteiger partial charge in [-0.15, -0.1) is 22.7 Å². The van der Waals surface area contributed by atoms with Gasteiger partial charge in [0.05, 0.1) is 16.4 Å². The molecule has 2 aromatic rings. The lowest BCUT2D eigenvalue weighted by Gasteiger charge is -2.12. The zero-order chi connectivity index (χ0) is 13.1. The number of thiazole rings is 2. The topological polar surface area (TPSA) is 37.8 Å². The number of hydrogen-bond acceptors (Lipinski definition) is 5. The summed E-state index contributed by atoms with van der Waals surface area (Å²) in [7, 11) is 0. The van der Waals surface area contributed by atoms with Crippen LogP contribution in [0.1, 0.15) is 54.1 Å². The fourth-order valence-electron chi connectivity index (χ4n) is 1.73. The van der Waals surface area contributed by atoms with E-state index in [-0.39, 0.29) is 6.04 Å². The molecule has 0 fully saturated rings. The van der Waals surface area contributed by atoms with E-state index in [1.54, 1.807) is 22.7 Å². The predicted molar refractivity (Wildman–Crippen MR) is 78.6 cm³/mol. The Balaban J connectivity index is 2.29. The van der Waals surface area contributed by atoms with Gasteiger partial charge in [0.2, 0.25) is 0 Å². The Morgan fingerprint density at radius 2 is 1.89 bits per heavy atom.